The van der Waals surface area contributed by atoms with Gasteiger partial charge in [-0.15, -0.1) is 0 Å². The molecule has 0 heterocycles. The van der Waals surface area contributed by atoms with Crippen LogP contribution in [0.15, 0.2) is 60.7 Å². The van der Waals surface area contributed by atoms with Crippen LogP contribution in [0.5, 0.6) is 0 Å². The Morgan fingerprint density at radius 3 is 1.75 bits per heavy atom. The maximum atomic E-state index is 12.4. The first-order chi connectivity index (χ1) is 11.6. The summed E-state index contributed by atoms with van der Waals surface area (Å²) in [6.45, 7) is 7.19. The summed E-state index contributed by atoms with van der Waals surface area (Å²) in [5.41, 5.74) is 0.710. The lowest BCUT2D eigenvalue weighted by Crippen LogP contribution is -2.38. The van der Waals surface area contributed by atoms with Gasteiger partial charge in [-0.1, -0.05) is 74.5 Å². The predicted molar refractivity (Wildman–Crippen MR) is 98.3 cm³/mol. The van der Waals surface area contributed by atoms with Crippen LogP contribution in [-0.2, 0) is 10.2 Å². The second-order valence-corrected chi connectivity index (χ2v) is 6.07. The van der Waals surface area contributed by atoms with E-state index in [-0.39, 0.29) is 0 Å². The van der Waals surface area contributed by atoms with E-state index in [1.165, 1.54) is 0 Å². The Kier molecular flexibility index (Phi) is 6.56. The largest absolute Gasteiger partial charge is 0.480 e. The van der Waals surface area contributed by atoms with Crippen molar-refractivity contribution in [2.24, 2.45) is 0 Å². The molecule has 0 radical (unpaired) electrons. The molecule has 0 fully saturated rings. The first kappa shape index (κ1) is 18.2. The maximum absolute atomic E-state index is 12.4. The maximum Gasteiger partial charge on any atom is 0.318 e. The zero-order valence-electron chi connectivity index (χ0n) is 14.6. The molecular formula is C21H27NO2. The third-order valence-electron chi connectivity index (χ3n) is 4.82. The highest BCUT2D eigenvalue weighted by Gasteiger charge is 2.41. The van der Waals surface area contributed by atoms with Crippen molar-refractivity contribution in [3.8, 4) is 0 Å². The standard InChI is InChI=1S/C21H27NO2/c1-3-22(4-2)17-11-16-21(20(23)24,18-12-7-5-8-13-18)19-14-9-6-10-15-19/h5-10,12-15H,3-4,11,16-17H2,1-2H3,(H,23,24). The van der Waals surface area contributed by atoms with Gasteiger partial charge in [0.1, 0.15) is 5.41 Å². The number of rotatable bonds is 9. The van der Waals surface area contributed by atoms with E-state index >= 15 is 0 Å². The smallest absolute Gasteiger partial charge is 0.318 e. The van der Waals surface area contributed by atoms with Crippen LogP contribution in [0.1, 0.15) is 37.8 Å². The molecule has 1 N–H and O–H groups in total. The van der Waals surface area contributed by atoms with Gasteiger partial charge in [0.15, 0.2) is 0 Å². The summed E-state index contributed by atoms with van der Waals surface area (Å²) >= 11 is 0. The molecule has 0 atom stereocenters. The van der Waals surface area contributed by atoms with E-state index in [0.29, 0.717) is 6.42 Å². The fraction of sp³-hybridized carbons (Fsp3) is 0.381. The fourth-order valence-corrected chi connectivity index (χ4v) is 3.36. The van der Waals surface area contributed by atoms with E-state index in [9.17, 15) is 9.90 Å². The van der Waals surface area contributed by atoms with Gasteiger partial charge in [-0.2, -0.15) is 0 Å². The number of hydrogen-bond donors (Lipinski definition) is 1. The number of carboxylic acids is 1. The number of benzene rings is 2. The van der Waals surface area contributed by atoms with Crippen LogP contribution in [-0.4, -0.2) is 35.6 Å². The van der Waals surface area contributed by atoms with E-state index in [1.54, 1.807) is 0 Å². The van der Waals surface area contributed by atoms with Crippen molar-refractivity contribution in [2.75, 3.05) is 19.6 Å². The second kappa shape index (κ2) is 8.65. The highest BCUT2D eigenvalue weighted by Crippen LogP contribution is 2.37. The van der Waals surface area contributed by atoms with Crippen molar-refractivity contribution >= 4 is 5.97 Å². The van der Waals surface area contributed by atoms with Gasteiger partial charge in [-0.05, 0) is 43.6 Å². The minimum atomic E-state index is -0.990. The van der Waals surface area contributed by atoms with Gasteiger partial charge in [0.2, 0.25) is 0 Å². The van der Waals surface area contributed by atoms with Crippen molar-refractivity contribution in [3.05, 3.63) is 71.8 Å². The van der Waals surface area contributed by atoms with Gasteiger partial charge in [-0.25, -0.2) is 0 Å². The van der Waals surface area contributed by atoms with Gasteiger partial charge in [0, 0.05) is 0 Å². The predicted octanol–water partition coefficient (Wildman–Crippen LogP) is 4.18. The molecule has 0 saturated heterocycles. The van der Waals surface area contributed by atoms with Crippen LogP contribution >= 0.6 is 0 Å². The monoisotopic (exact) mass is 325 g/mol. The Morgan fingerprint density at radius 1 is 0.917 bits per heavy atom. The van der Waals surface area contributed by atoms with Crippen LogP contribution in [0.2, 0.25) is 0 Å². The normalized spacial score (nSPS) is 11.6. The van der Waals surface area contributed by atoms with Crippen molar-refractivity contribution in [2.45, 2.75) is 32.1 Å². The molecule has 2 aromatic carbocycles. The molecule has 24 heavy (non-hydrogen) atoms. The Hall–Kier alpha value is -2.13. The number of carbonyl (C=O) groups is 1. The van der Waals surface area contributed by atoms with Crippen LogP contribution in [0.4, 0.5) is 0 Å². The van der Waals surface area contributed by atoms with E-state index in [1.807, 2.05) is 60.7 Å². The summed E-state index contributed by atoms with van der Waals surface area (Å²) in [5.74, 6) is -0.778. The van der Waals surface area contributed by atoms with Crippen molar-refractivity contribution in [3.63, 3.8) is 0 Å². The Balaban J connectivity index is 2.38. The van der Waals surface area contributed by atoms with Gasteiger partial charge in [-0.3, -0.25) is 4.79 Å². The molecule has 0 aromatic heterocycles. The van der Waals surface area contributed by atoms with E-state index in [4.69, 9.17) is 0 Å². The number of nitrogens with zero attached hydrogens (tertiary/aromatic N) is 1. The van der Waals surface area contributed by atoms with Crippen molar-refractivity contribution < 1.29 is 9.90 Å². The number of hydrogen-bond acceptors (Lipinski definition) is 2. The third-order valence-corrected chi connectivity index (χ3v) is 4.82. The minimum Gasteiger partial charge on any atom is -0.480 e. The summed E-state index contributed by atoms with van der Waals surface area (Å²) in [6.07, 6.45) is 1.44. The SMILES string of the molecule is CCN(CC)CCCC(C(=O)O)(c1ccccc1)c1ccccc1. The Morgan fingerprint density at radius 2 is 1.38 bits per heavy atom. The lowest BCUT2D eigenvalue weighted by Gasteiger charge is -2.31. The summed E-state index contributed by atoms with van der Waals surface area (Å²) < 4.78 is 0. The number of aliphatic carboxylic acids is 1. The van der Waals surface area contributed by atoms with E-state index < -0.39 is 11.4 Å². The Labute approximate surface area is 144 Å². The molecule has 0 unspecified atom stereocenters. The van der Waals surface area contributed by atoms with Gasteiger partial charge in [0.05, 0.1) is 0 Å². The van der Waals surface area contributed by atoms with E-state index in [2.05, 4.69) is 18.7 Å². The van der Waals surface area contributed by atoms with Crippen LogP contribution in [0, 0.1) is 0 Å². The lowest BCUT2D eigenvalue weighted by molar-refractivity contribution is -0.142. The van der Waals surface area contributed by atoms with Crippen LogP contribution in [0.25, 0.3) is 0 Å². The highest BCUT2D eigenvalue weighted by molar-refractivity contribution is 5.86. The molecular weight excluding hydrogens is 298 g/mol. The quantitative estimate of drug-likeness (QED) is 0.752. The van der Waals surface area contributed by atoms with Gasteiger partial charge in [0.25, 0.3) is 0 Å². The Bertz CT molecular complexity index is 581. The average Bonchev–Trinajstić information content (AvgIpc) is 2.63. The summed E-state index contributed by atoms with van der Waals surface area (Å²) in [5, 5.41) is 10.2. The molecule has 2 rings (SSSR count). The molecule has 0 aliphatic heterocycles. The molecule has 0 amide bonds. The second-order valence-electron chi connectivity index (χ2n) is 6.07. The first-order valence-electron chi connectivity index (χ1n) is 8.72. The average molecular weight is 325 g/mol. The van der Waals surface area contributed by atoms with Crippen molar-refractivity contribution in [1.82, 2.24) is 4.90 Å². The molecule has 3 heteroatoms. The van der Waals surface area contributed by atoms with Gasteiger partial charge < -0.3 is 10.0 Å². The molecule has 0 bridgehead atoms. The van der Waals surface area contributed by atoms with E-state index in [0.717, 1.165) is 37.2 Å². The molecule has 0 aliphatic rings. The molecule has 0 aliphatic carbocycles. The summed E-state index contributed by atoms with van der Waals surface area (Å²) in [6, 6.07) is 19.2. The highest BCUT2D eigenvalue weighted by atomic mass is 16.4. The third kappa shape index (κ3) is 3.85. The first-order valence-corrected chi connectivity index (χ1v) is 8.72. The van der Waals surface area contributed by atoms with Crippen LogP contribution in [0.3, 0.4) is 0 Å². The minimum absolute atomic E-state index is 0.590. The molecule has 128 valence electrons. The van der Waals surface area contributed by atoms with Gasteiger partial charge >= 0.3 is 5.97 Å². The summed E-state index contributed by atoms with van der Waals surface area (Å²) in [7, 11) is 0. The molecule has 0 saturated carbocycles. The fourth-order valence-electron chi connectivity index (χ4n) is 3.36. The topological polar surface area (TPSA) is 40.5 Å². The molecule has 3 nitrogen and oxygen atoms in total. The van der Waals surface area contributed by atoms with Crippen LogP contribution < -0.4 is 0 Å². The van der Waals surface area contributed by atoms with Crippen molar-refractivity contribution in [1.29, 1.82) is 0 Å². The lowest BCUT2D eigenvalue weighted by atomic mass is 9.71. The molecule has 0 spiro atoms. The number of carboxylic acid groups (broad SMARTS) is 1. The zero-order valence-corrected chi connectivity index (χ0v) is 14.6. The molecule has 2 aromatic rings. The summed E-state index contributed by atoms with van der Waals surface area (Å²) in [4.78, 5) is 14.8. The zero-order chi connectivity index (χ0) is 17.4.